The SMILES string of the molecule is CCC(C)(CC)C(=O)/C=C(\O)C(C)(CC)CC.Cc1cc2cc3c(cc2s1)oc1ncnc(-c2[c-]c4ccccc4c(C(C)(C)C)c2)c13.[Ir]. The molecule has 0 spiro atoms. The van der Waals surface area contributed by atoms with Gasteiger partial charge in [0.2, 0.25) is 5.71 Å². The van der Waals surface area contributed by atoms with E-state index >= 15 is 0 Å². The number of benzene rings is 3. The number of rotatable bonds is 8. The zero-order valence-electron chi connectivity index (χ0n) is 30.5. The van der Waals surface area contributed by atoms with E-state index in [9.17, 15) is 9.90 Å². The van der Waals surface area contributed by atoms with Crippen LogP contribution in [0.15, 0.2) is 71.1 Å². The first kappa shape index (κ1) is 38.4. The number of aromatic nitrogens is 2. The molecule has 0 bridgehead atoms. The number of allylic oxidation sites excluding steroid dienone is 2. The fraction of sp³-hybridized carbons (Fsp3) is 0.405. The van der Waals surface area contributed by atoms with Crippen molar-refractivity contribution >= 4 is 60.0 Å². The van der Waals surface area contributed by atoms with E-state index in [-0.39, 0.29) is 47.9 Å². The maximum Gasteiger partial charge on any atom is 0.223 e. The molecular formula is C42H49IrN2O3S-. The number of aliphatic hydroxyl groups excluding tert-OH is 1. The first-order chi connectivity index (χ1) is 22.7. The molecule has 0 aliphatic rings. The zero-order valence-corrected chi connectivity index (χ0v) is 33.7. The Kier molecular flexibility index (Phi) is 11.6. The van der Waals surface area contributed by atoms with Gasteiger partial charge in [-0.05, 0) is 61.6 Å². The molecule has 0 amide bonds. The Morgan fingerprint density at radius 2 is 1.55 bits per heavy atom. The number of fused-ring (bicyclic) bond motifs is 5. The minimum atomic E-state index is -0.337. The van der Waals surface area contributed by atoms with Crippen LogP contribution in [0.25, 0.3) is 54.2 Å². The molecule has 0 atom stereocenters. The standard InChI is InChI=1S/C27H21N2OS.C15H28O2.Ir/c1-15-9-17-11-20-22(13-23(17)31-15)30-26-24(20)25(28-14-29-26)18-10-16-7-5-6-8-19(16)21(12-18)27(2,3)4;1-7-14(5,8-2)12(16)11-13(17)15(6,9-3)10-4;/h5-9,11-14H,1-4H3;11,16H,7-10H2,1-6H3;/q-1;;/b;12-11-;. The summed E-state index contributed by atoms with van der Waals surface area (Å²) in [5.74, 6) is 0.286. The summed E-state index contributed by atoms with van der Waals surface area (Å²) in [7, 11) is 0. The van der Waals surface area contributed by atoms with Crippen LogP contribution < -0.4 is 0 Å². The van der Waals surface area contributed by atoms with Crippen LogP contribution in [0.1, 0.15) is 98.4 Å². The van der Waals surface area contributed by atoms with Gasteiger partial charge in [0.25, 0.3) is 0 Å². The zero-order chi connectivity index (χ0) is 35.0. The van der Waals surface area contributed by atoms with Gasteiger partial charge in [-0.25, -0.2) is 4.98 Å². The van der Waals surface area contributed by atoms with Crippen molar-refractivity contribution in [3.05, 3.63) is 83.2 Å². The van der Waals surface area contributed by atoms with Gasteiger partial charge in [-0.15, -0.1) is 40.5 Å². The van der Waals surface area contributed by atoms with Gasteiger partial charge in [-0.2, -0.15) is 0 Å². The van der Waals surface area contributed by atoms with Crippen LogP contribution in [-0.2, 0) is 30.3 Å². The van der Waals surface area contributed by atoms with E-state index in [4.69, 9.17) is 9.40 Å². The van der Waals surface area contributed by atoms with Gasteiger partial charge in [-0.1, -0.05) is 91.5 Å². The van der Waals surface area contributed by atoms with Crippen LogP contribution in [0.5, 0.6) is 0 Å². The maximum atomic E-state index is 12.2. The second-order valence-corrected chi connectivity index (χ2v) is 15.9. The molecule has 0 aliphatic heterocycles. The molecule has 1 N–H and O–H groups in total. The smallest absolute Gasteiger partial charge is 0.223 e. The van der Waals surface area contributed by atoms with Crippen molar-refractivity contribution in [3.8, 4) is 11.3 Å². The number of nitrogens with zero attached hydrogens (tertiary/aromatic N) is 2. The molecule has 0 unspecified atom stereocenters. The molecule has 0 saturated heterocycles. The van der Waals surface area contributed by atoms with Crippen LogP contribution in [0.4, 0.5) is 0 Å². The predicted octanol–water partition coefficient (Wildman–Crippen LogP) is 12.5. The molecule has 3 aromatic heterocycles. The second-order valence-electron chi connectivity index (χ2n) is 14.6. The largest absolute Gasteiger partial charge is 0.512 e. The minimum Gasteiger partial charge on any atom is -0.512 e. The van der Waals surface area contributed by atoms with Crippen LogP contribution >= 0.6 is 11.3 Å². The fourth-order valence-corrected chi connectivity index (χ4v) is 7.07. The van der Waals surface area contributed by atoms with E-state index in [1.807, 2.05) is 41.5 Å². The summed E-state index contributed by atoms with van der Waals surface area (Å²) in [5.41, 5.74) is 3.98. The van der Waals surface area contributed by atoms with Gasteiger partial charge in [0.15, 0.2) is 5.78 Å². The van der Waals surface area contributed by atoms with Gasteiger partial charge in [0, 0.05) is 63.1 Å². The monoisotopic (exact) mass is 854 g/mol. The van der Waals surface area contributed by atoms with E-state index in [1.165, 1.54) is 32.0 Å². The molecule has 7 heteroatoms. The van der Waals surface area contributed by atoms with Gasteiger partial charge >= 0.3 is 0 Å². The van der Waals surface area contributed by atoms with Crippen LogP contribution in [0.3, 0.4) is 0 Å². The van der Waals surface area contributed by atoms with Crippen molar-refractivity contribution in [1.82, 2.24) is 9.97 Å². The first-order valence-electron chi connectivity index (χ1n) is 17.2. The maximum absolute atomic E-state index is 12.2. The van der Waals surface area contributed by atoms with Crippen molar-refractivity contribution in [3.63, 3.8) is 0 Å². The normalized spacial score (nSPS) is 12.7. The average molecular weight is 854 g/mol. The molecule has 6 aromatic rings. The van der Waals surface area contributed by atoms with Crippen molar-refractivity contribution in [2.45, 2.75) is 100 Å². The first-order valence-corrected chi connectivity index (χ1v) is 18.0. The quantitative estimate of drug-likeness (QED) is 0.0938. The van der Waals surface area contributed by atoms with E-state index in [1.54, 1.807) is 17.7 Å². The van der Waals surface area contributed by atoms with E-state index < -0.39 is 0 Å². The molecule has 6 rings (SSSR count). The summed E-state index contributed by atoms with van der Waals surface area (Å²) in [5, 5.41) is 15.7. The van der Waals surface area contributed by atoms with Crippen molar-refractivity contribution < 1.29 is 34.4 Å². The predicted molar refractivity (Wildman–Crippen MR) is 203 cm³/mol. The molecule has 3 heterocycles. The number of hydrogen-bond acceptors (Lipinski definition) is 6. The number of thiophene rings is 1. The summed E-state index contributed by atoms with van der Waals surface area (Å²) >= 11 is 1.78. The molecule has 0 aliphatic carbocycles. The summed E-state index contributed by atoms with van der Waals surface area (Å²) in [6, 6.07) is 20.9. The Morgan fingerprint density at radius 3 is 2.18 bits per heavy atom. The summed E-state index contributed by atoms with van der Waals surface area (Å²) in [6.45, 7) is 21.0. The van der Waals surface area contributed by atoms with Crippen LogP contribution in [0.2, 0.25) is 0 Å². The summed E-state index contributed by atoms with van der Waals surface area (Å²) in [6.07, 6.45) is 6.34. The molecule has 5 nitrogen and oxygen atoms in total. The fourth-order valence-electron chi connectivity index (χ4n) is 6.14. The molecule has 0 fully saturated rings. The number of aliphatic hydroxyl groups is 1. The van der Waals surface area contributed by atoms with Crippen molar-refractivity contribution in [2.75, 3.05) is 0 Å². The Labute approximate surface area is 308 Å². The van der Waals surface area contributed by atoms with Gasteiger partial charge in [0.1, 0.15) is 17.7 Å². The van der Waals surface area contributed by atoms with Gasteiger partial charge in [0.05, 0.1) is 0 Å². The van der Waals surface area contributed by atoms with Crippen LogP contribution in [-0.4, -0.2) is 20.9 Å². The molecule has 49 heavy (non-hydrogen) atoms. The topological polar surface area (TPSA) is 76.2 Å². The molecule has 0 saturated carbocycles. The van der Waals surface area contributed by atoms with E-state index in [0.29, 0.717) is 5.71 Å². The molecule has 1 radical (unpaired) electrons. The Morgan fingerprint density at radius 1 is 0.898 bits per heavy atom. The number of hydrogen-bond donors (Lipinski definition) is 1. The van der Waals surface area contributed by atoms with E-state index in [2.05, 4.69) is 87.3 Å². The molecular weight excluding hydrogens is 805 g/mol. The van der Waals surface area contributed by atoms with Crippen molar-refractivity contribution in [1.29, 1.82) is 0 Å². The van der Waals surface area contributed by atoms with Gasteiger partial charge < -0.3 is 9.52 Å². The number of aryl methyl sites for hydroxylation is 1. The Hall–Kier alpha value is -3.38. The van der Waals surface area contributed by atoms with Gasteiger partial charge in [-0.3, -0.25) is 9.78 Å². The third-order valence-corrected chi connectivity index (χ3v) is 11.5. The number of carbonyl (C=O) groups is 1. The number of carbonyl (C=O) groups excluding carboxylic acids is 1. The summed E-state index contributed by atoms with van der Waals surface area (Å²) < 4.78 is 7.39. The Bertz CT molecular complexity index is 2140. The summed E-state index contributed by atoms with van der Waals surface area (Å²) in [4.78, 5) is 22.6. The average Bonchev–Trinajstić information content (AvgIpc) is 3.63. The third-order valence-electron chi connectivity index (χ3n) is 10.5. The second kappa shape index (κ2) is 14.8. The molecule has 3 aromatic carbocycles. The minimum absolute atomic E-state index is 0. The molecule has 261 valence electrons. The number of furan rings is 1. The van der Waals surface area contributed by atoms with E-state index in [0.717, 1.165) is 58.7 Å². The van der Waals surface area contributed by atoms with Crippen molar-refractivity contribution in [2.24, 2.45) is 10.8 Å². The van der Waals surface area contributed by atoms with Crippen LogP contribution in [0, 0.1) is 23.8 Å². The number of ketones is 1. The third kappa shape index (κ3) is 7.55. The Balaban J connectivity index is 0.000000260.